The molecular weight excluding hydrogens is 186 g/mol. The van der Waals surface area contributed by atoms with E-state index < -0.39 is 0 Å². The molecule has 1 aromatic carbocycles. The second-order valence-electron chi connectivity index (χ2n) is 2.58. The van der Waals surface area contributed by atoms with E-state index in [2.05, 4.69) is 0 Å². The Morgan fingerprint density at radius 3 is 2.54 bits per heavy atom. The monoisotopic (exact) mass is 199 g/mol. The fourth-order valence-electron chi connectivity index (χ4n) is 0.963. The fourth-order valence-corrected chi connectivity index (χ4v) is 1.18. The van der Waals surface area contributed by atoms with E-state index in [4.69, 9.17) is 10.0 Å². The summed E-state index contributed by atoms with van der Waals surface area (Å²) in [5, 5.41) is 9.06. The lowest BCUT2D eigenvalue weighted by Crippen LogP contribution is -2.13. The first kappa shape index (κ1) is 10.5. The molecule has 0 unspecified atom stereocenters. The van der Waals surface area contributed by atoms with Crippen molar-refractivity contribution in [2.45, 2.75) is 13.0 Å². The minimum Gasteiger partial charge on any atom is -0.280 e. The highest BCUT2D eigenvalue weighted by Crippen LogP contribution is 2.18. The van der Waals surface area contributed by atoms with E-state index in [1.807, 2.05) is 37.3 Å². The van der Waals surface area contributed by atoms with E-state index in [0.717, 1.165) is 22.1 Å². The number of hydrogen-bond acceptors (Lipinski definition) is 4. The van der Waals surface area contributed by atoms with E-state index in [-0.39, 0.29) is 6.10 Å². The minimum atomic E-state index is -0.140. The van der Waals surface area contributed by atoms with Gasteiger partial charge in [0.25, 0.3) is 0 Å². The number of nitrogens with zero attached hydrogens (tertiary/aromatic N) is 1. The van der Waals surface area contributed by atoms with Crippen molar-refractivity contribution in [1.29, 1.82) is 0 Å². The van der Waals surface area contributed by atoms with Crippen molar-refractivity contribution in [2.75, 3.05) is 6.26 Å². The van der Waals surface area contributed by atoms with Crippen LogP contribution < -0.4 is 0 Å². The first-order valence-corrected chi connectivity index (χ1v) is 5.17. The Labute approximate surface area is 82.4 Å². The molecule has 13 heavy (non-hydrogen) atoms. The molecule has 72 valence electrons. The van der Waals surface area contributed by atoms with Gasteiger partial charge in [0.2, 0.25) is 0 Å². The zero-order chi connectivity index (χ0) is 9.68. The van der Waals surface area contributed by atoms with Gasteiger partial charge in [0, 0.05) is 6.26 Å². The van der Waals surface area contributed by atoms with Gasteiger partial charge in [0.1, 0.15) is 6.10 Å². The van der Waals surface area contributed by atoms with E-state index in [1.165, 1.54) is 0 Å². The normalized spacial score (nSPS) is 13.2. The molecule has 0 heterocycles. The van der Waals surface area contributed by atoms with Crippen molar-refractivity contribution < 1.29 is 10.0 Å². The van der Waals surface area contributed by atoms with Crippen molar-refractivity contribution in [3.05, 3.63) is 35.9 Å². The van der Waals surface area contributed by atoms with Gasteiger partial charge in [-0.05, 0) is 29.1 Å². The minimum absolute atomic E-state index is 0.140. The lowest BCUT2D eigenvalue weighted by molar-refractivity contribution is -0.284. The maximum Gasteiger partial charge on any atom is 0.105 e. The molecule has 0 aliphatic carbocycles. The number of hydrogen-bond donors (Lipinski definition) is 1. The van der Waals surface area contributed by atoms with E-state index >= 15 is 0 Å². The van der Waals surface area contributed by atoms with Gasteiger partial charge in [-0.1, -0.05) is 30.3 Å². The first-order chi connectivity index (χ1) is 6.24. The highest BCUT2D eigenvalue weighted by atomic mass is 32.2. The van der Waals surface area contributed by atoms with Gasteiger partial charge < -0.3 is 0 Å². The van der Waals surface area contributed by atoms with Gasteiger partial charge in [0.15, 0.2) is 0 Å². The molecule has 0 aliphatic rings. The molecule has 0 bridgehead atoms. The average molecular weight is 199 g/mol. The summed E-state index contributed by atoms with van der Waals surface area (Å²) in [5.41, 5.74) is 1.04. The Morgan fingerprint density at radius 1 is 1.38 bits per heavy atom. The largest absolute Gasteiger partial charge is 0.280 e. The zero-order valence-corrected chi connectivity index (χ0v) is 8.49. The Balaban J connectivity index is 2.53. The summed E-state index contributed by atoms with van der Waals surface area (Å²) in [6, 6.07) is 9.74. The summed E-state index contributed by atoms with van der Waals surface area (Å²) < 4.78 is 0.762. The predicted octanol–water partition coefficient (Wildman–Crippen LogP) is 2.65. The number of rotatable bonds is 4. The smallest absolute Gasteiger partial charge is 0.105 e. The Morgan fingerprint density at radius 2 is 2.00 bits per heavy atom. The Kier molecular flexibility index (Phi) is 4.24. The first-order valence-electron chi connectivity index (χ1n) is 3.99. The van der Waals surface area contributed by atoms with Crippen LogP contribution in [0.4, 0.5) is 0 Å². The van der Waals surface area contributed by atoms with Crippen molar-refractivity contribution >= 4 is 11.9 Å². The van der Waals surface area contributed by atoms with Crippen LogP contribution in [0.15, 0.2) is 30.3 Å². The van der Waals surface area contributed by atoms with Crippen LogP contribution in [0.1, 0.15) is 18.6 Å². The molecule has 0 spiro atoms. The van der Waals surface area contributed by atoms with Crippen LogP contribution in [0.5, 0.6) is 0 Å². The van der Waals surface area contributed by atoms with Gasteiger partial charge in [-0.2, -0.15) is 0 Å². The summed E-state index contributed by atoms with van der Waals surface area (Å²) in [6.45, 7) is 1.88. The third-order valence-corrected chi connectivity index (χ3v) is 2.07. The molecule has 3 nitrogen and oxygen atoms in total. The molecular formula is C9H13NO2S. The van der Waals surface area contributed by atoms with Gasteiger partial charge in [-0.15, -0.1) is 0 Å². The third kappa shape index (κ3) is 3.36. The molecule has 0 radical (unpaired) electrons. The molecule has 1 aromatic rings. The second kappa shape index (κ2) is 5.24. The summed E-state index contributed by atoms with van der Waals surface area (Å²) in [7, 11) is 0. The predicted molar refractivity (Wildman–Crippen MR) is 53.1 cm³/mol. The van der Waals surface area contributed by atoms with Crippen LogP contribution >= 0.6 is 11.9 Å². The maximum absolute atomic E-state index is 9.06. The molecule has 1 rings (SSSR count). The average Bonchev–Trinajstić information content (AvgIpc) is 2.19. The van der Waals surface area contributed by atoms with Crippen LogP contribution in [-0.4, -0.2) is 16.1 Å². The fraction of sp³-hybridized carbons (Fsp3) is 0.333. The summed E-state index contributed by atoms with van der Waals surface area (Å²) in [6.07, 6.45) is 1.59. The Hall–Kier alpha value is -0.550. The van der Waals surface area contributed by atoms with Crippen molar-refractivity contribution in [2.24, 2.45) is 0 Å². The van der Waals surface area contributed by atoms with Crippen LogP contribution in [0, 0.1) is 0 Å². The molecule has 1 N–H and O–H groups in total. The van der Waals surface area contributed by atoms with Gasteiger partial charge in [-0.25, -0.2) is 0 Å². The molecule has 0 amide bonds. The molecule has 4 heteroatoms. The van der Waals surface area contributed by atoms with Gasteiger partial charge >= 0.3 is 0 Å². The van der Waals surface area contributed by atoms with Crippen LogP contribution in [0.3, 0.4) is 0 Å². The SMILES string of the molecule is CSN(O)O[C@@H](C)c1ccccc1. The van der Waals surface area contributed by atoms with E-state index in [9.17, 15) is 0 Å². The van der Waals surface area contributed by atoms with Crippen LogP contribution in [0.25, 0.3) is 0 Å². The standard InChI is InChI=1S/C9H13NO2S/c1-8(12-10(11)13-2)9-6-4-3-5-7-9/h3-8,11H,1-2H3/t8-/m0/s1. The topological polar surface area (TPSA) is 32.7 Å². The van der Waals surface area contributed by atoms with E-state index in [0.29, 0.717) is 0 Å². The van der Waals surface area contributed by atoms with Crippen molar-refractivity contribution in [3.8, 4) is 0 Å². The van der Waals surface area contributed by atoms with Gasteiger partial charge in [-0.3, -0.25) is 10.0 Å². The zero-order valence-electron chi connectivity index (χ0n) is 7.68. The highest BCUT2D eigenvalue weighted by molar-refractivity contribution is 7.96. The lowest BCUT2D eigenvalue weighted by Gasteiger charge is -2.17. The van der Waals surface area contributed by atoms with E-state index in [1.54, 1.807) is 6.26 Å². The molecule has 1 atom stereocenters. The molecule has 0 aromatic heterocycles. The van der Waals surface area contributed by atoms with Gasteiger partial charge in [0.05, 0.1) is 0 Å². The summed E-state index contributed by atoms with van der Waals surface area (Å²) >= 11 is 1.11. The molecule has 0 saturated heterocycles. The van der Waals surface area contributed by atoms with Crippen LogP contribution in [-0.2, 0) is 4.84 Å². The van der Waals surface area contributed by atoms with Crippen molar-refractivity contribution in [3.63, 3.8) is 0 Å². The quantitative estimate of drug-likeness (QED) is 0.597. The molecule has 0 saturated carbocycles. The summed E-state index contributed by atoms with van der Waals surface area (Å²) in [4.78, 5) is 5.14. The highest BCUT2D eigenvalue weighted by Gasteiger charge is 2.08. The summed E-state index contributed by atoms with van der Waals surface area (Å²) in [5.74, 6) is 0. The maximum atomic E-state index is 9.06. The third-order valence-electron chi connectivity index (χ3n) is 1.67. The van der Waals surface area contributed by atoms with Crippen molar-refractivity contribution in [1.82, 2.24) is 4.63 Å². The number of benzene rings is 1. The molecule has 0 fully saturated rings. The Bertz CT molecular complexity index is 243. The lowest BCUT2D eigenvalue weighted by atomic mass is 10.1. The molecule has 0 aliphatic heterocycles. The second-order valence-corrected chi connectivity index (χ2v) is 3.26. The van der Waals surface area contributed by atoms with Crippen LogP contribution in [0.2, 0.25) is 0 Å².